The van der Waals surface area contributed by atoms with Crippen molar-refractivity contribution in [2.75, 3.05) is 67.5 Å². The Balaban J connectivity index is 1.06. The summed E-state index contributed by atoms with van der Waals surface area (Å²) in [5.41, 5.74) is 2.42. The van der Waals surface area contributed by atoms with Crippen molar-refractivity contribution in [3.63, 3.8) is 0 Å². The Bertz CT molecular complexity index is 1270. The highest BCUT2D eigenvalue weighted by atomic mass is 32.1. The van der Waals surface area contributed by atoms with Gasteiger partial charge in [-0.25, -0.2) is 14.8 Å². The molecule has 3 aromatic rings. The van der Waals surface area contributed by atoms with E-state index in [1.165, 1.54) is 11.3 Å². The molecule has 2 aliphatic rings. The third-order valence-corrected chi connectivity index (χ3v) is 7.72. The average Bonchev–Trinajstić information content (AvgIpc) is 3.40. The summed E-state index contributed by atoms with van der Waals surface area (Å²) < 4.78 is 0. The second kappa shape index (κ2) is 11.6. The van der Waals surface area contributed by atoms with E-state index in [9.17, 15) is 14.4 Å². The van der Waals surface area contributed by atoms with Gasteiger partial charge in [-0.15, -0.1) is 11.3 Å². The zero-order chi connectivity index (χ0) is 26.5. The van der Waals surface area contributed by atoms with Crippen LogP contribution in [0.3, 0.4) is 0 Å². The molecule has 0 bridgehead atoms. The fraction of sp³-hybridized carbons (Fsp3) is 0.370. The monoisotopic (exact) mass is 533 g/mol. The van der Waals surface area contributed by atoms with Crippen LogP contribution in [0.15, 0.2) is 54.0 Å². The molecule has 2 aliphatic heterocycles. The van der Waals surface area contributed by atoms with Crippen LogP contribution in [0.2, 0.25) is 0 Å². The molecule has 4 heterocycles. The van der Waals surface area contributed by atoms with Gasteiger partial charge >= 0.3 is 6.03 Å². The fourth-order valence-corrected chi connectivity index (χ4v) is 5.38. The smallest absolute Gasteiger partial charge is 0.323 e. The number of pyridine rings is 1. The summed E-state index contributed by atoms with van der Waals surface area (Å²) in [6, 6.07) is 13.3. The molecule has 1 aromatic carbocycles. The van der Waals surface area contributed by atoms with Crippen LogP contribution < -0.4 is 15.1 Å². The first kappa shape index (κ1) is 25.7. The van der Waals surface area contributed by atoms with E-state index in [1.54, 1.807) is 18.0 Å². The van der Waals surface area contributed by atoms with E-state index >= 15 is 0 Å². The number of aromatic nitrogens is 2. The van der Waals surface area contributed by atoms with Gasteiger partial charge in [0.1, 0.15) is 5.82 Å². The molecular formula is C27H31N7O3S. The fourth-order valence-electron chi connectivity index (χ4n) is 4.68. The third-order valence-electron chi connectivity index (χ3n) is 6.91. The zero-order valence-corrected chi connectivity index (χ0v) is 22.2. The molecule has 0 saturated carbocycles. The zero-order valence-electron chi connectivity index (χ0n) is 21.4. The van der Waals surface area contributed by atoms with Crippen LogP contribution in [0.4, 0.5) is 21.4 Å². The number of carbonyl (C=O) groups excluding carboxylic acids is 3. The van der Waals surface area contributed by atoms with Gasteiger partial charge in [0, 0.05) is 75.2 Å². The quantitative estimate of drug-likeness (QED) is 0.486. The minimum atomic E-state index is -0.176. The number of carbonyl (C=O) groups is 3. The van der Waals surface area contributed by atoms with E-state index in [4.69, 9.17) is 0 Å². The van der Waals surface area contributed by atoms with E-state index in [1.807, 2.05) is 52.7 Å². The lowest BCUT2D eigenvalue weighted by atomic mass is 10.1. The van der Waals surface area contributed by atoms with Gasteiger partial charge in [-0.05, 0) is 43.3 Å². The minimum Gasteiger partial charge on any atom is -0.368 e. The molecule has 0 unspecified atom stereocenters. The summed E-state index contributed by atoms with van der Waals surface area (Å²) >= 11 is 1.34. The number of anilines is 3. The lowest BCUT2D eigenvalue weighted by Gasteiger charge is -2.36. The topological polar surface area (TPSA) is 102 Å². The molecule has 0 radical (unpaired) electrons. The Hall–Kier alpha value is -3.99. The predicted molar refractivity (Wildman–Crippen MR) is 148 cm³/mol. The van der Waals surface area contributed by atoms with Crippen LogP contribution in [-0.4, -0.2) is 89.8 Å². The number of rotatable bonds is 6. The first-order valence-electron chi connectivity index (χ1n) is 12.8. The highest BCUT2D eigenvalue weighted by Gasteiger charge is 2.24. The van der Waals surface area contributed by atoms with Crippen LogP contribution >= 0.6 is 11.3 Å². The number of hydrogen-bond acceptors (Lipinski definition) is 8. The largest absolute Gasteiger partial charge is 0.368 e. The van der Waals surface area contributed by atoms with Crippen LogP contribution in [-0.2, 0) is 11.2 Å². The molecule has 0 aliphatic carbocycles. The summed E-state index contributed by atoms with van der Waals surface area (Å²) in [5, 5.41) is 5.22. The highest BCUT2D eigenvalue weighted by molar-refractivity contribution is 7.13. The van der Waals surface area contributed by atoms with E-state index in [0.717, 1.165) is 37.7 Å². The van der Waals surface area contributed by atoms with Crippen molar-refractivity contribution in [2.24, 2.45) is 0 Å². The molecule has 5 rings (SSSR count). The first-order valence-corrected chi connectivity index (χ1v) is 13.6. The highest BCUT2D eigenvalue weighted by Crippen LogP contribution is 2.20. The van der Waals surface area contributed by atoms with Crippen molar-refractivity contribution in [1.29, 1.82) is 0 Å². The molecule has 198 valence electrons. The maximum Gasteiger partial charge on any atom is 0.323 e. The summed E-state index contributed by atoms with van der Waals surface area (Å²) in [6.07, 6.45) is 1.98. The summed E-state index contributed by atoms with van der Waals surface area (Å²) in [5.74, 6) is 1.01. The summed E-state index contributed by atoms with van der Waals surface area (Å²) in [4.78, 5) is 54.0. The van der Waals surface area contributed by atoms with E-state index < -0.39 is 0 Å². The number of nitrogens with zero attached hydrogens (tertiary/aromatic N) is 6. The molecule has 38 heavy (non-hydrogen) atoms. The molecule has 0 atom stereocenters. The number of Topliss-reactive ketones (excluding diaryl/α,β-unsaturated/α-hetero) is 1. The number of nitrogens with one attached hydrogen (secondary N) is 1. The molecule has 11 heteroatoms. The first-order chi connectivity index (χ1) is 18.5. The van der Waals surface area contributed by atoms with E-state index in [0.29, 0.717) is 42.6 Å². The molecular weight excluding hydrogens is 502 g/mol. The van der Waals surface area contributed by atoms with Crippen molar-refractivity contribution in [3.8, 4) is 0 Å². The Kier molecular flexibility index (Phi) is 7.83. The number of amides is 3. The SMILES string of the molecule is CC(=O)c1ccc(N2CCN(C(=O)Cc3csc(NC(=O)N4CCN(c5ccccn5)CC4)n3)CC2)cc1. The summed E-state index contributed by atoms with van der Waals surface area (Å²) in [6.45, 7) is 6.94. The predicted octanol–water partition coefficient (Wildman–Crippen LogP) is 2.99. The Labute approximate surface area is 225 Å². The second-order valence-electron chi connectivity index (χ2n) is 9.38. The Morgan fingerprint density at radius 2 is 1.55 bits per heavy atom. The number of piperazine rings is 2. The van der Waals surface area contributed by atoms with Crippen molar-refractivity contribution in [1.82, 2.24) is 19.8 Å². The van der Waals surface area contributed by atoms with Crippen molar-refractivity contribution < 1.29 is 14.4 Å². The average molecular weight is 534 g/mol. The molecule has 10 nitrogen and oxygen atoms in total. The minimum absolute atomic E-state index is 0.0328. The van der Waals surface area contributed by atoms with E-state index in [2.05, 4.69) is 25.1 Å². The van der Waals surface area contributed by atoms with Crippen LogP contribution in [0.5, 0.6) is 0 Å². The van der Waals surface area contributed by atoms with Crippen LogP contribution in [0.25, 0.3) is 0 Å². The van der Waals surface area contributed by atoms with Gasteiger partial charge in [-0.2, -0.15) is 0 Å². The number of thiazole rings is 1. The van der Waals surface area contributed by atoms with Gasteiger partial charge in [-0.3, -0.25) is 14.9 Å². The van der Waals surface area contributed by atoms with Gasteiger partial charge in [-0.1, -0.05) is 6.07 Å². The van der Waals surface area contributed by atoms with E-state index in [-0.39, 0.29) is 24.1 Å². The van der Waals surface area contributed by atoms with Crippen molar-refractivity contribution in [3.05, 3.63) is 65.3 Å². The van der Waals surface area contributed by atoms with Crippen LogP contribution in [0, 0.1) is 0 Å². The van der Waals surface area contributed by atoms with Gasteiger partial charge in [0.2, 0.25) is 5.91 Å². The lowest BCUT2D eigenvalue weighted by molar-refractivity contribution is -0.130. The number of urea groups is 1. The molecule has 2 aromatic heterocycles. The standard InChI is InChI=1S/C27H31N7O3S/c1-20(35)21-5-7-23(8-6-21)31-10-14-33(15-11-31)25(36)18-22-19-38-26(29-22)30-27(37)34-16-12-32(13-17-34)24-4-2-3-9-28-24/h2-9,19H,10-18H2,1H3,(H,29,30,37). The van der Waals surface area contributed by atoms with Gasteiger partial charge in [0.05, 0.1) is 12.1 Å². The number of benzene rings is 1. The number of hydrogen-bond donors (Lipinski definition) is 1. The third kappa shape index (κ3) is 6.10. The molecule has 3 amide bonds. The van der Waals surface area contributed by atoms with Gasteiger partial charge in [0.15, 0.2) is 10.9 Å². The van der Waals surface area contributed by atoms with Crippen LogP contribution in [0.1, 0.15) is 23.0 Å². The van der Waals surface area contributed by atoms with Crippen molar-refractivity contribution >= 4 is 45.7 Å². The number of ketones is 1. The maximum absolute atomic E-state index is 12.9. The van der Waals surface area contributed by atoms with Gasteiger partial charge < -0.3 is 19.6 Å². The second-order valence-corrected chi connectivity index (χ2v) is 10.2. The molecule has 2 fully saturated rings. The lowest BCUT2D eigenvalue weighted by Crippen LogP contribution is -2.50. The Morgan fingerprint density at radius 1 is 0.868 bits per heavy atom. The molecule has 0 spiro atoms. The summed E-state index contributed by atoms with van der Waals surface area (Å²) in [7, 11) is 0. The van der Waals surface area contributed by atoms with Crippen molar-refractivity contribution in [2.45, 2.75) is 13.3 Å². The molecule has 1 N–H and O–H groups in total. The Morgan fingerprint density at radius 3 is 2.21 bits per heavy atom. The normalized spacial score (nSPS) is 15.9. The van der Waals surface area contributed by atoms with Gasteiger partial charge in [0.25, 0.3) is 0 Å². The maximum atomic E-state index is 12.9. The molecule has 2 saturated heterocycles.